The molecule has 0 aromatic heterocycles. The lowest BCUT2D eigenvalue weighted by Crippen LogP contribution is -2.34. The monoisotopic (exact) mass is 319 g/mol. The van der Waals surface area contributed by atoms with Gasteiger partial charge in [0.15, 0.2) is 0 Å². The van der Waals surface area contributed by atoms with Crippen LogP contribution in [0.2, 0.25) is 0 Å². The zero-order valence-corrected chi connectivity index (χ0v) is 14.4. The van der Waals surface area contributed by atoms with Crippen molar-refractivity contribution in [1.29, 1.82) is 0 Å². The summed E-state index contributed by atoms with van der Waals surface area (Å²) in [6, 6.07) is 7.53. The van der Waals surface area contributed by atoms with Gasteiger partial charge in [0.1, 0.15) is 12.4 Å². The van der Waals surface area contributed by atoms with E-state index in [9.17, 15) is 4.79 Å². The van der Waals surface area contributed by atoms with Crippen molar-refractivity contribution in [3.8, 4) is 5.75 Å². The van der Waals surface area contributed by atoms with Crippen LogP contribution in [0.1, 0.15) is 30.6 Å². The van der Waals surface area contributed by atoms with Crippen LogP contribution in [-0.2, 0) is 0 Å². The highest BCUT2D eigenvalue weighted by atomic mass is 16.5. The summed E-state index contributed by atoms with van der Waals surface area (Å²) in [6.45, 7) is 11.5. The van der Waals surface area contributed by atoms with Crippen molar-refractivity contribution < 1.29 is 9.53 Å². The molecule has 1 aromatic carbocycles. The minimum absolute atomic E-state index is 0.114. The van der Waals surface area contributed by atoms with Gasteiger partial charge in [-0.1, -0.05) is 13.8 Å². The Bertz CT molecular complexity index is 464. The van der Waals surface area contributed by atoms with Crippen LogP contribution in [-0.4, -0.2) is 68.1 Å². The van der Waals surface area contributed by atoms with Gasteiger partial charge in [-0.3, -0.25) is 4.79 Å². The van der Waals surface area contributed by atoms with Gasteiger partial charge in [-0.25, -0.2) is 0 Å². The summed E-state index contributed by atoms with van der Waals surface area (Å²) in [6.07, 6.45) is 1.01. The average Bonchev–Trinajstić information content (AvgIpc) is 2.88. The molecule has 1 amide bonds. The normalized spacial score (nSPS) is 15.5. The van der Waals surface area contributed by atoms with Gasteiger partial charge in [-0.15, -0.1) is 0 Å². The standard InChI is InChI=1S/C18H29N3O2/c1-3-20(4-2)14-15-23-17-8-6-16(7-9-17)18(22)21-12-5-10-19-11-13-21/h6-9,19H,3-5,10-15H2,1-2H3. The molecule has 0 radical (unpaired) electrons. The van der Waals surface area contributed by atoms with Gasteiger partial charge in [0.2, 0.25) is 0 Å². The van der Waals surface area contributed by atoms with E-state index in [2.05, 4.69) is 24.1 Å². The van der Waals surface area contributed by atoms with Gasteiger partial charge < -0.3 is 19.9 Å². The summed E-state index contributed by atoms with van der Waals surface area (Å²) < 4.78 is 5.76. The van der Waals surface area contributed by atoms with Gasteiger partial charge in [0, 0.05) is 31.7 Å². The number of carbonyl (C=O) groups is 1. The largest absolute Gasteiger partial charge is 0.492 e. The van der Waals surface area contributed by atoms with E-state index in [1.165, 1.54) is 0 Å². The summed E-state index contributed by atoms with van der Waals surface area (Å²) in [5, 5.41) is 3.32. The van der Waals surface area contributed by atoms with Crippen LogP contribution in [0.3, 0.4) is 0 Å². The summed E-state index contributed by atoms with van der Waals surface area (Å²) >= 11 is 0. The maximum absolute atomic E-state index is 12.5. The molecule has 0 aliphatic carbocycles. The van der Waals surface area contributed by atoms with Crippen molar-refractivity contribution in [2.45, 2.75) is 20.3 Å². The van der Waals surface area contributed by atoms with Gasteiger partial charge >= 0.3 is 0 Å². The number of benzene rings is 1. The summed E-state index contributed by atoms with van der Waals surface area (Å²) in [5.41, 5.74) is 0.739. The molecule has 1 heterocycles. The van der Waals surface area contributed by atoms with Crippen LogP contribution < -0.4 is 10.1 Å². The molecule has 0 atom stereocenters. The number of hydrogen-bond donors (Lipinski definition) is 1. The second-order valence-electron chi connectivity index (χ2n) is 5.80. The SMILES string of the molecule is CCN(CC)CCOc1ccc(C(=O)N2CCCNCC2)cc1. The quantitative estimate of drug-likeness (QED) is 0.833. The lowest BCUT2D eigenvalue weighted by atomic mass is 10.2. The molecule has 1 aliphatic rings. The maximum atomic E-state index is 12.5. The Morgan fingerprint density at radius 1 is 1.17 bits per heavy atom. The van der Waals surface area contributed by atoms with E-state index >= 15 is 0 Å². The van der Waals surface area contributed by atoms with Gasteiger partial charge in [0.05, 0.1) is 0 Å². The van der Waals surface area contributed by atoms with Crippen molar-refractivity contribution in [2.24, 2.45) is 0 Å². The summed E-state index contributed by atoms with van der Waals surface area (Å²) in [5.74, 6) is 0.939. The molecule has 0 bridgehead atoms. The number of amides is 1. The number of nitrogens with one attached hydrogen (secondary N) is 1. The minimum Gasteiger partial charge on any atom is -0.492 e. The lowest BCUT2D eigenvalue weighted by molar-refractivity contribution is 0.0766. The second kappa shape index (κ2) is 9.53. The first-order valence-electron chi connectivity index (χ1n) is 8.69. The molecule has 0 saturated carbocycles. The molecule has 23 heavy (non-hydrogen) atoms. The first-order valence-corrected chi connectivity index (χ1v) is 8.69. The molecule has 1 aromatic rings. The molecule has 128 valence electrons. The smallest absolute Gasteiger partial charge is 0.253 e. The molecule has 5 heteroatoms. The Kier molecular flexibility index (Phi) is 7.36. The van der Waals surface area contributed by atoms with Crippen molar-refractivity contribution in [2.75, 3.05) is 52.4 Å². The number of nitrogens with zero attached hydrogens (tertiary/aromatic N) is 2. The Labute approximate surface area is 139 Å². The zero-order valence-electron chi connectivity index (χ0n) is 14.4. The van der Waals surface area contributed by atoms with Crippen molar-refractivity contribution in [1.82, 2.24) is 15.1 Å². The van der Waals surface area contributed by atoms with Gasteiger partial charge in [-0.2, -0.15) is 0 Å². The lowest BCUT2D eigenvalue weighted by Gasteiger charge is -2.20. The zero-order chi connectivity index (χ0) is 16.5. The van der Waals surface area contributed by atoms with E-state index in [1.807, 2.05) is 29.2 Å². The first-order chi connectivity index (χ1) is 11.2. The molecular weight excluding hydrogens is 290 g/mol. The molecule has 0 unspecified atom stereocenters. The van der Waals surface area contributed by atoms with E-state index in [0.29, 0.717) is 6.61 Å². The third-order valence-corrected chi connectivity index (χ3v) is 4.30. The number of likely N-dealkylation sites (N-methyl/N-ethyl adjacent to an activating group) is 1. The van der Waals surface area contributed by atoms with Crippen LogP contribution in [0, 0.1) is 0 Å². The van der Waals surface area contributed by atoms with E-state index in [4.69, 9.17) is 4.74 Å². The topological polar surface area (TPSA) is 44.8 Å². The fourth-order valence-corrected chi connectivity index (χ4v) is 2.76. The Morgan fingerprint density at radius 3 is 2.61 bits per heavy atom. The van der Waals surface area contributed by atoms with Gasteiger partial charge in [-0.05, 0) is 50.3 Å². The van der Waals surface area contributed by atoms with E-state index in [-0.39, 0.29) is 5.91 Å². The molecule has 1 fully saturated rings. The fraction of sp³-hybridized carbons (Fsp3) is 0.611. The minimum atomic E-state index is 0.114. The molecule has 1 aliphatic heterocycles. The molecule has 1 saturated heterocycles. The molecule has 1 N–H and O–H groups in total. The number of hydrogen-bond acceptors (Lipinski definition) is 4. The van der Waals surface area contributed by atoms with Gasteiger partial charge in [0.25, 0.3) is 5.91 Å². The van der Waals surface area contributed by atoms with Crippen molar-refractivity contribution in [3.05, 3.63) is 29.8 Å². The van der Waals surface area contributed by atoms with Crippen LogP contribution in [0.4, 0.5) is 0 Å². The predicted molar refractivity (Wildman–Crippen MR) is 93.1 cm³/mol. The van der Waals surface area contributed by atoms with E-state index in [1.54, 1.807) is 0 Å². The molecule has 5 nitrogen and oxygen atoms in total. The highest BCUT2D eigenvalue weighted by Crippen LogP contribution is 2.14. The number of carbonyl (C=O) groups excluding carboxylic acids is 1. The highest BCUT2D eigenvalue weighted by Gasteiger charge is 2.16. The van der Waals surface area contributed by atoms with E-state index in [0.717, 1.165) is 63.5 Å². The molecule has 0 spiro atoms. The molecular formula is C18H29N3O2. The maximum Gasteiger partial charge on any atom is 0.253 e. The number of rotatable bonds is 7. The third kappa shape index (κ3) is 5.52. The highest BCUT2D eigenvalue weighted by molar-refractivity contribution is 5.94. The van der Waals surface area contributed by atoms with Crippen molar-refractivity contribution >= 4 is 5.91 Å². The van der Waals surface area contributed by atoms with E-state index < -0.39 is 0 Å². The third-order valence-electron chi connectivity index (χ3n) is 4.30. The van der Waals surface area contributed by atoms with Crippen LogP contribution >= 0.6 is 0 Å². The van der Waals surface area contributed by atoms with Crippen LogP contribution in [0.5, 0.6) is 5.75 Å². The second-order valence-corrected chi connectivity index (χ2v) is 5.80. The first kappa shape index (κ1) is 17.8. The van der Waals surface area contributed by atoms with Crippen molar-refractivity contribution in [3.63, 3.8) is 0 Å². The average molecular weight is 319 g/mol. The predicted octanol–water partition coefficient (Wildman–Crippen LogP) is 1.84. The number of ether oxygens (including phenoxy) is 1. The summed E-state index contributed by atoms with van der Waals surface area (Å²) in [7, 11) is 0. The Hall–Kier alpha value is -1.59. The molecule has 2 rings (SSSR count). The van der Waals surface area contributed by atoms with Crippen LogP contribution in [0.25, 0.3) is 0 Å². The Balaban J connectivity index is 1.84. The summed E-state index contributed by atoms with van der Waals surface area (Å²) in [4.78, 5) is 16.7. The fourth-order valence-electron chi connectivity index (χ4n) is 2.76. The Morgan fingerprint density at radius 2 is 1.91 bits per heavy atom. The van der Waals surface area contributed by atoms with Crippen LogP contribution in [0.15, 0.2) is 24.3 Å².